The van der Waals surface area contributed by atoms with E-state index in [4.69, 9.17) is 10.2 Å². The van der Waals surface area contributed by atoms with Crippen molar-refractivity contribution < 1.29 is 9.21 Å². The molecule has 0 unspecified atom stereocenters. The van der Waals surface area contributed by atoms with Crippen LogP contribution in [0.4, 0.5) is 0 Å². The molecule has 0 aliphatic heterocycles. The molecule has 1 heterocycles. The van der Waals surface area contributed by atoms with Crippen molar-refractivity contribution >= 4 is 5.91 Å². The van der Waals surface area contributed by atoms with Crippen LogP contribution in [0.5, 0.6) is 0 Å². The number of hydrogen-bond donors (Lipinski definition) is 2. The summed E-state index contributed by atoms with van der Waals surface area (Å²) in [5.41, 5.74) is 7.06. The smallest absolute Gasteiger partial charge is 0.226 e. The summed E-state index contributed by atoms with van der Waals surface area (Å²) in [5, 5.41) is 3.06. The Kier molecular flexibility index (Phi) is 5.55. The van der Waals surface area contributed by atoms with Gasteiger partial charge in [0.15, 0.2) is 0 Å². The fourth-order valence-electron chi connectivity index (χ4n) is 2.55. The minimum Gasteiger partial charge on any atom is -0.441 e. The van der Waals surface area contributed by atoms with Crippen molar-refractivity contribution in [1.29, 1.82) is 0 Å². The average Bonchev–Trinajstić information content (AvgIpc) is 2.94. The van der Waals surface area contributed by atoms with Crippen molar-refractivity contribution in [2.24, 2.45) is 5.73 Å². The molecule has 0 fully saturated rings. The first-order valence-electron chi connectivity index (χ1n) is 8.06. The van der Waals surface area contributed by atoms with Gasteiger partial charge in [-0.15, -0.1) is 0 Å². The van der Waals surface area contributed by atoms with E-state index in [0.29, 0.717) is 23.9 Å². The van der Waals surface area contributed by atoms with Gasteiger partial charge in [0.05, 0.1) is 17.7 Å². The summed E-state index contributed by atoms with van der Waals surface area (Å²) in [4.78, 5) is 16.8. The number of hydrogen-bond acceptors (Lipinski definition) is 4. The second kappa shape index (κ2) is 7.42. The molecule has 3 N–H and O–H groups in total. The SMILES string of the molecule is CCC(CC)(CN)NC(=O)Cc1nc(-c2ccccc2)oc1C. The molecule has 0 atom stereocenters. The average molecular weight is 315 g/mol. The molecule has 1 amide bonds. The normalized spacial score (nSPS) is 11.5. The molecule has 0 saturated heterocycles. The van der Waals surface area contributed by atoms with Gasteiger partial charge in [-0.3, -0.25) is 4.79 Å². The van der Waals surface area contributed by atoms with E-state index in [9.17, 15) is 4.79 Å². The summed E-state index contributed by atoms with van der Waals surface area (Å²) in [7, 11) is 0. The van der Waals surface area contributed by atoms with Crippen molar-refractivity contribution in [2.75, 3.05) is 6.54 Å². The lowest BCUT2D eigenvalue weighted by atomic mass is 9.92. The number of carbonyl (C=O) groups excluding carboxylic acids is 1. The highest BCUT2D eigenvalue weighted by atomic mass is 16.4. The Morgan fingerprint density at radius 1 is 1.26 bits per heavy atom. The third-order valence-corrected chi connectivity index (χ3v) is 4.39. The van der Waals surface area contributed by atoms with Crippen LogP contribution in [0.15, 0.2) is 34.7 Å². The van der Waals surface area contributed by atoms with Crippen LogP contribution >= 0.6 is 0 Å². The van der Waals surface area contributed by atoms with Crippen molar-refractivity contribution in [2.45, 2.75) is 45.6 Å². The van der Waals surface area contributed by atoms with Gasteiger partial charge in [-0.2, -0.15) is 0 Å². The second-order valence-corrected chi connectivity index (χ2v) is 5.80. The number of rotatable bonds is 7. The molecule has 0 saturated carbocycles. The molecule has 5 nitrogen and oxygen atoms in total. The molecule has 0 aliphatic carbocycles. The number of benzene rings is 1. The molecule has 2 aromatic rings. The van der Waals surface area contributed by atoms with Crippen LogP contribution in [0.1, 0.15) is 38.1 Å². The first kappa shape index (κ1) is 17.2. The summed E-state index contributed by atoms with van der Waals surface area (Å²) >= 11 is 0. The molecule has 5 heteroatoms. The van der Waals surface area contributed by atoms with Crippen LogP contribution in [-0.4, -0.2) is 23.0 Å². The number of carbonyl (C=O) groups is 1. The van der Waals surface area contributed by atoms with Gasteiger partial charge in [0.25, 0.3) is 0 Å². The first-order chi connectivity index (χ1) is 11.0. The van der Waals surface area contributed by atoms with Crippen LogP contribution in [0, 0.1) is 6.92 Å². The fraction of sp³-hybridized carbons (Fsp3) is 0.444. The Bertz CT molecular complexity index is 637. The number of aryl methyl sites for hydroxylation is 1. The molecule has 0 aliphatic rings. The zero-order valence-corrected chi connectivity index (χ0v) is 14.1. The van der Waals surface area contributed by atoms with E-state index in [1.807, 2.05) is 51.1 Å². The summed E-state index contributed by atoms with van der Waals surface area (Å²) < 4.78 is 5.69. The Balaban J connectivity index is 2.12. The van der Waals surface area contributed by atoms with E-state index in [-0.39, 0.29) is 17.9 Å². The number of amides is 1. The van der Waals surface area contributed by atoms with Crippen LogP contribution in [-0.2, 0) is 11.2 Å². The Labute approximate surface area is 137 Å². The highest BCUT2D eigenvalue weighted by Gasteiger charge is 2.27. The van der Waals surface area contributed by atoms with E-state index >= 15 is 0 Å². The summed E-state index contributed by atoms with van der Waals surface area (Å²) in [5.74, 6) is 1.14. The Hall–Kier alpha value is -2.14. The maximum Gasteiger partial charge on any atom is 0.226 e. The van der Waals surface area contributed by atoms with Crippen LogP contribution in [0.3, 0.4) is 0 Å². The third-order valence-electron chi connectivity index (χ3n) is 4.39. The number of nitrogens with two attached hydrogens (primary N) is 1. The zero-order valence-electron chi connectivity index (χ0n) is 14.1. The molecule has 2 rings (SSSR count). The topological polar surface area (TPSA) is 81.1 Å². The van der Waals surface area contributed by atoms with E-state index in [0.717, 1.165) is 18.4 Å². The highest BCUT2D eigenvalue weighted by Crippen LogP contribution is 2.22. The van der Waals surface area contributed by atoms with Gasteiger partial charge < -0.3 is 15.5 Å². The van der Waals surface area contributed by atoms with Gasteiger partial charge in [-0.1, -0.05) is 32.0 Å². The largest absolute Gasteiger partial charge is 0.441 e. The molecule has 23 heavy (non-hydrogen) atoms. The van der Waals surface area contributed by atoms with Gasteiger partial charge >= 0.3 is 0 Å². The van der Waals surface area contributed by atoms with Crippen LogP contribution in [0.25, 0.3) is 11.5 Å². The molecule has 0 bridgehead atoms. The van der Waals surface area contributed by atoms with Crippen molar-refractivity contribution in [3.8, 4) is 11.5 Å². The predicted octanol–water partition coefficient (Wildman–Crippen LogP) is 2.83. The standard InChI is InChI=1S/C18H25N3O2/c1-4-18(5-2,12-19)21-16(22)11-15-13(3)23-17(20-15)14-9-7-6-8-10-14/h6-10H,4-5,11-12,19H2,1-3H3,(H,21,22). The number of oxazole rings is 1. The lowest BCUT2D eigenvalue weighted by Crippen LogP contribution is -2.53. The van der Waals surface area contributed by atoms with E-state index in [2.05, 4.69) is 10.3 Å². The molecular weight excluding hydrogens is 290 g/mol. The van der Waals surface area contributed by atoms with Crippen molar-refractivity contribution in [3.63, 3.8) is 0 Å². The van der Waals surface area contributed by atoms with Gasteiger partial charge in [-0.25, -0.2) is 4.98 Å². The lowest BCUT2D eigenvalue weighted by Gasteiger charge is -2.31. The Morgan fingerprint density at radius 3 is 2.48 bits per heavy atom. The number of nitrogens with one attached hydrogen (secondary N) is 1. The molecular formula is C18H25N3O2. The number of nitrogens with zero attached hydrogens (tertiary/aromatic N) is 1. The third kappa shape index (κ3) is 3.99. The second-order valence-electron chi connectivity index (χ2n) is 5.80. The minimum atomic E-state index is -0.336. The lowest BCUT2D eigenvalue weighted by molar-refractivity contribution is -0.122. The summed E-state index contributed by atoms with van der Waals surface area (Å²) in [6.07, 6.45) is 1.81. The van der Waals surface area contributed by atoms with E-state index < -0.39 is 0 Å². The quantitative estimate of drug-likeness (QED) is 0.823. The maximum absolute atomic E-state index is 12.4. The van der Waals surface area contributed by atoms with Gasteiger partial charge in [0, 0.05) is 12.1 Å². The predicted molar refractivity (Wildman–Crippen MR) is 90.9 cm³/mol. The molecule has 1 aromatic heterocycles. The maximum atomic E-state index is 12.4. The van der Waals surface area contributed by atoms with E-state index in [1.165, 1.54) is 0 Å². The monoisotopic (exact) mass is 315 g/mol. The van der Waals surface area contributed by atoms with E-state index in [1.54, 1.807) is 0 Å². The molecule has 1 aromatic carbocycles. The van der Waals surface area contributed by atoms with Crippen LogP contribution < -0.4 is 11.1 Å². The summed E-state index contributed by atoms with van der Waals surface area (Å²) in [6, 6.07) is 9.67. The van der Waals surface area contributed by atoms with Gasteiger partial charge in [0.1, 0.15) is 5.76 Å². The van der Waals surface area contributed by atoms with Crippen molar-refractivity contribution in [1.82, 2.24) is 10.3 Å². The fourth-order valence-corrected chi connectivity index (χ4v) is 2.55. The molecule has 0 spiro atoms. The van der Waals surface area contributed by atoms with Gasteiger partial charge in [0.2, 0.25) is 11.8 Å². The van der Waals surface area contributed by atoms with Gasteiger partial charge in [-0.05, 0) is 31.9 Å². The highest BCUT2D eigenvalue weighted by molar-refractivity contribution is 5.79. The molecule has 124 valence electrons. The van der Waals surface area contributed by atoms with Crippen LogP contribution in [0.2, 0.25) is 0 Å². The summed E-state index contributed by atoms with van der Waals surface area (Å²) in [6.45, 7) is 6.33. The minimum absolute atomic E-state index is 0.0739. The molecule has 0 radical (unpaired) electrons. The zero-order chi connectivity index (χ0) is 16.9. The first-order valence-corrected chi connectivity index (χ1v) is 8.06. The van der Waals surface area contributed by atoms with Crippen molar-refractivity contribution in [3.05, 3.63) is 41.8 Å². The number of aromatic nitrogens is 1. The Morgan fingerprint density at radius 2 is 1.91 bits per heavy atom.